The van der Waals surface area contributed by atoms with Crippen LogP contribution >= 0.6 is 0 Å². The van der Waals surface area contributed by atoms with Crippen LogP contribution in [0, 0.1) is 17.3 Å². The topological polar surface area (TPSA) is 48.0 Å². The third-order valence-electron chi connectivity index (χ3n) is 9.53. The summed E-state index contributed by atoms with van der Waals surface area (Å²) in [6.07, 6.45) is 11.2. The van der Waals surface area contributed by atoms with Gasteiger partial charge in [0, 0.05) is 30.7 Å². The summed E-state index contributed by atoms with van der Waals surface area (Å²) in [6, 6.07) is 4.74. The Hall–Kier alpha value is -1.85. The fraction of sp³-hybridized carbons (Fsp3) is 0.640. The van der Waals surface area contributed by atoms with Crippen LogP contribution in [0.1, 0.15) is 36.8 Å². The van der Waals surface area contributed by atoms with E-state index in [-0.39, 0.29) is 22.9 Å². The van der Waals surface area contributed by atoms with Gasteiger partial charge in [-0.3, -0.25) is 4.90 Å². The maximum Gasteiger partial charge on any atom is 0.166 e. The second-order valence-corrected chi connectivity index (χ2v) is 10.4. The molecule has 2 heterocycles. The van der Waals surface area contributed by atoms with Crippen LogP contribution in [0.5, 0.6) is 11.5 Å². The van der Waals surface area contributed by atoms with Gasteiger partial charge in [0.15, 0.2) is 11.5 Å². The number of fused-ring (bicyclic) bond motifs is 1. The van der Waals surface area contributed by atoms with Gasteiger partial charge in [-0.1, -0.05) is 18.2 Å². The first-order valence-electron chi connectivity index (χ1n) is 11.5. The maximum absolute atomic E-state index is 12.4. The molecular weight excluding hydrogens is 378 g/mol. The Kier molecular flexibility index (Phi) is 3.26. The first-order chi connectivity index (χ1) is 14.6. The van der Waals surface area contributed by atoms with Crippen molar-refractivity contribution in [2.45, 2.75) is 55.3 Å². The summed E-state index contributed by atoms with van der Waals surface area (Å²) in [5, 5.41) is 0. The fourth-order valence-corrected chi connectivity index (χ4v) is 8.14. The Morgan fingerprint density at radius 3 is 2.87 bits per heavy atom. The molecule has 0 unspecified atom stereocenters. The van der Waals surface area contributed by atoms with Crippen molar-refractivity contribution in [2.75, 3.05) is 27.3 Å². The lowest BCUT2D eigenvalue weighted by Gasteiger charge is -2.70. The number of benzene rings is 1. The monoisotopic (exact) mass is 407 g/mol. The highest BCUT2D eigenvalue weighted by atomic mass is 16.6. The van der Waals surface area contributed by atoms with Gasteiger partial charge >= 0.3 is 0 Å². The summed E-state index contributed by atoms with van der Waals surface area (Å²) in [5.74, 6) is 2.38. The molecule has 1 saturated heterocycles. The summed E-state index contributed by atoms with van der Waals surface area (Å²) < 4.78 is 18.7. The van der Waals surface area contributed by atoms with E-state index in [0.717, 1.165) is 49.5 Å². The number of carbonyl (C=O) groups is 1. The van der Waals surface area contributed by atoms with Gasteiger partial charge in [0.1, 0.15) is 18.0 Å². The van der Waals surface area contributed by atoms with Gasteiger partial charge < -0.3 is 19.0 Å². The van der Waals surface area contributed by atoms with E-state index in [0.29, 0.717) is 6.04 Å². The zero-order valence-electron chi connectivity index (χ0n) is 17.7. The van der Waals surface area contributed by atoms with Gasteiger partial charge in [0.05, 0.1) is 18.4 Å². The minimum atomic E-state index is -0.703. The van der Waals surface area contributed by atoms with Crippen molar-refractivity contribution < 1.29 is 19.0 Å². The van der Waals surface area contributed by atoms with E-state index in [1.807, 2.05) is 0 Å². The number of hydrogen-bond donors (Lipinski definition) is 0. The molecule has 4 bridgehead atoms. The van der Waals surface area contributed by atoms with Crippen molar-refractivity contribution >= 4 is 6.29 Å². The van der Waals surface area contributed by atoms with Crippen molar-refractivity contribution in [3.05, 3.63) is 35.4 Å². The Bertz CT molecular complexity index is 986. The summed E-state index contributed by atoms with van der Waals surface area (Å²) >= 11 is 0. The van der Waals surface area contributed by atoms with Gasteiger partial charge in [0.2, 0.25) is 0 Å². The molecular formula is C25H29NO4. The number of aldehydes is 1. The van der Waals surface area contributed by atoms with E-state index < -0.39 is 5.60 Å². The molecule has 5 nitrogen and oxygen atoms in total. The second-order valence-electron chi connectivity index (χ2n) is 10.4. The SMILES string of the molecule is COc1ccc2c3c1O[C@H]1[C@@]4(OC)C=C[C@@]5(C[C@@H]4C=O)[C@@H](C2)N(CC2CC2)CC[C@]315. The third-order valence-corrected chi connectivity index (χ3v) is 9.53. The lowest BCUT2D eigenvalue weighted by atomic mass is 9.37. The minimum Gasteiger partial charge on any atom is -0.493 e. The van der Waals surface area contributed by atoms with Crippen molar-refractivity contribution in [1.29, 1.82) is 0 Å². The molecule has 7 aliphatic rings. The molecule has 6 atom stereocenters. The molecule has 5 aliphatic carbocycles. The molecule has 0 N–H and O–H groups in total. The van der Waals surface area contributed by atoms with Crippen molar-refractivity contribution in [3.8, 4) is 11.5 Å². The lowest BCUT2D eigenvalue weighted by molar-refractivity contribution is -0.211. The summed E-state index contributed by atoms with van der Waals surface area (Å²) in [6.45, 7) is 2.29. The van der Waals surface area contributed by atoms with Gasteiger partial charge in [-0.15, -0.1) is 0 Å². The fourth-order valence-electron chi connectivity index (χ4n) is 8.14. The first kappa shape index (κ1) is 17.8. The molecule has 1 aromatic rings. The van der Waals surface area contributed by atoms with Crippen LogP contribution in [-0.2, 0) is 21.4 Å². The molecule has 2 aliphatic heterocycles. The van der Waals surface area contributed by atoms with E-state index >= 15 is 0 Å². The lowest BCUT2D eigenvalue weighted by Crippen LogP contribution is -2.79. The number of rotatable bonds is 5. The summed E-state index contributed by atoms with van der Waals surface area (Å²) in [5.41, 5.74) is 1.83. The van der Waals surface area contributed by atoms with E-state index in [1.54, 1.807) is 14.2 Å². The molecule has 1 aromatic carbocycles. The zero-order chi connectivity index (χ0) is 20.3. The molecule has 8 rings (SSSR count). The number of piperidine rings is 1. The number of carbonyl (C=O) groups excluding carboxylic acids is 1. The number of likely N-dealkylation sites (tertiary alicyclic amines) is 1. The molecule has 3 fully saturated rings. The smallest absolute Gasteiger partial charge is 0.166 e. The molecule has 2 spiro atoms. The van der Waals surface area contributed by atoms with Crippen LogP contribution in [0.3, 0.4) is 0 Å². The quantitative estimate of drug-likeness (QED) is 0.555. The van der Waals surface area contributed by atoms with Crippen molar-refractivity contribution in [3.63, 3.8) is 0 Å². The largest absolute Gasteiger partial charge is 0.493 e. The van der Waals surface area contributed by atoms with E-state index in [2.05, 4.69) is 29.2 Å². The molecule has 5 heteroatoms. The van der Waals surface area contributed by atoms with E-state index in [4.69, 9.17) is 14.2 Å². The Labute approximate surface area is 177 Å². The Morgan fingerprint density at radius 2 is 2.13 bits per heavy atom. The van der Waals surface area contributed by atoms with Crippen LogP contribution in [0.2, 0.25) is 0 Å². The Morgan fingerprint density at radius 1 is 1.27 bits per heavy atom. The van der Waals surface area contributed by atoms with Gasteiger partial charge in [0.25, 0.3) is 0 Å². The molecule has 2 saturated carbocycles. The van der Waals surface area contributed by atoms with Gasteiger partial charge in [-0.25, -0.2) is 0 Å². The summed E-state index contributed by atoms with van der Waals surface area (Å²) in [4.78, 5) is 15.1. The highest BCUT2D eigenvalue weighted by Crippen LogP contribution is 2.74. The number of ether oxygens (including phenoxy) is 3. The third kappa shape index (κ3) is 1.72. The van der Waals surface area contributed by atoms with Crippen LogP contribution < -0.4 is 9.47 Å². The molecule has 0 aromatic heterocycles. The molecule has 0 amide bonds. The molecule has 158 valence electrons. The normalized spacial score (nSPS) is 44.5. The summed E-state index contributed by atoms with van der Waals surface area (Å²) in [7, 11) is 3.46. The van der Waals surface area contributed by atoms with Crippen LogP contribution in [0.15, 0.2) is 24.3 Å². The van der Waals surface area contributed by atoms with Crippen LogP contribution in [0.25, 0.3) is 0 Å². The highest BCUT2D eigenvalue weighted by Gasteiger charge is 2.79. The van der Waals surface area contributed by atoms with Crippen molar-refractivity contribution in [1.82, 2.24) is 4.90 Å². The first-order valence-corrected chi connectivity index (χ1v) is 11.5. The highest BCUT2D eigenvalue weighted by molar-refractivity contribution is 5.69. The van der Waals surface area contributed by atoms with Gasteiger partial charge in [-0.2, -0.15) is 0 Å². The zero-order valence-corrected chi connectivity index (χ0v) is 17.7. The van der Waals surface area contributed by atoms with Crippen molar-refractivity contribution in [2.24, 2.45) is 17.3 Å². The predicted molar refractivity (Wildman–Crippen MR) is 111 cm³/mol. The number of hydrogen-bond acceptors (Lipinski definition) is 5. The standard InChI is InChI=1S/C25H29NO4/c1-28-18-6-5-16-11-19-23-7-8-25(29-2,17(12-23)14-27)22-24(23,20(16)21(18)30-22)9-10-26(19)13-15-3-4-15/h5-8,14-15,17,19,22H,3-4,9-13H2,1-2H3/t17-,19-,22-,23-,24+,25-/m1/s1. The average Bonchev–Trinajstić information content (AvgIpc) is 3.52. The van der Waals surface area contributed by atoms with Crippen LogP contribution in [-0.4, -0.2) is 56.2 Å². The van der Waals surface area contributed by atoms with E-state index in [9.17, 15) is 4.79 Å². The van der Waals surface area contributed by atoms with E-state index in [1.165, 1.54) is 30.5 Å². The molecule has 30 heavy (non-hydrogen) atoms. The minimum absolute atomic E-state index is 0.0821. The maximum atomic E-state index is 12.4. The number of nitrogens with zero attached hydrogens (tertiary/aromatic N) is 1. The number of methoxy groups -OCH3 is 2. The van der Waals surface area contributed by atoms with Crippen LogP contribution in [0.4, 0.5) is 0 Å². The molecule has 0 radical (unpaired) electrons. The predicted octanol–water partition coefficient (Wildman–Crippen LogP) is 2.89. The van der Waals surface area contributed by atoms with Gasteiger partial charge in [-0.05, 0) is 56.2 Å². The average molecular weight is 408 g/mol. The Balaban J connectivity index is 1.51. The second kappa shape index (κ2) is 5.49.